The number of amides is 3. The van der Waals surface area contributed by atoms with Gasteiger partial charge in [0.2, 0.25) is 5.91 Å². The third-order valence-electron chi connectivity index (χ3n) is 4.60. The summed E-state index contributed by atoms with van der Waals surface area (Å²) in [6.45, 7) is 0.460. The number of hydrogen-bond donors (Lipinski definition) is 3. The molecule has 0 bridgehead atoms. The van der Waals surface area contributed by atoms with Crippen molar-refractivity contribution in [3.05, 3.63) is 59.3 Å². The summed E-state index contributed by atoms with van der Waals surface area (Å²) >= 11 is 0. The fourth-order valence-electron chi connectivity index (χ4n) is 3.19. The Morgan fingerprint density at radius 1 is 1.21 bits per heavy atom. The van der Waals surface area contributed by atoms with Gasteiger partial charge in [-0.2, -0.15) is 0 Å². The Labute approximate surface area is 162 Å². The van der Waals surface area contributed by atoms with E-state index in [1.165, 1.54) is 13.1 Å². The van der Waals surface area contributed by atoms with Crippen LogP contribution in [-0.2, 0) is 14.4 Å². The van der Waals surface area contributed by atoms with Crippen molar-refractivity contribution < 1.29 is 14.4 Å². The molecule has 3 rings (SSSR count). The summed E-state index contributed by atoms with van der Waals surface area (Å²) in [6, 6.07) is 3.51. The molecule has 0 saturated heterocycles. The van der Waals surface area contributed by atoms with E-state index in [0.717, 1.165) is 10.5 Å². The van der Waals surface area contributed by atoms with E-state index in [0.29, 0.717) is 36.4 Å². The van der Waals surface area contributed by atoms with Gasteiger partial charge in [0.05, 0.1) is 6.54 Å². The minimum Gasteiger partial charge on any atom is -0.398 e. The standard InChI is InChI=1S/C19H22N6O3/c1-24-18(27)13-3-2-10-25(17(13)19(24)28)11-16(26)23-15(21)5-4-14(20)12-6-8-22-9-7-12/h4-9H,2-3,10-11,20-21H2,1H3,(H,23,26)/b14-4-,15-5+. The number of pyridine rings is 1. The SMILES string of the molecule is CN1C(=O)C2=C(C1=O)N(CC(=O)N/C(N)=C/C=C(\N)c1ccncc1)CCC2. The van der Waals surface area contributed by atoms with E-state index in [4.69, 9.17) is 11.5 Å². The van der Waals surface area contributed by atoms with Gasteiger partial charge in [-0.3, -0.25) is 24.3 Å². The van der Waals surface area contributed by atoms with Crippen molar-refractivity contribution in [3.8, 4) is 0 Å². The van der Waals surface area contributed by atoms with Crippen LogP contribution in [0.15, 0.2) is 53.8 Å². The van der Waals surface area contributed by atoms with Crippen molar-refractivity contribution in [2.45, 2.75) is 12.8 Å². The summed E-state index contributed by atoms with van der Waals surface area (Å²) in [4.78, 5) is 43.3. The zero-order chi connectivity index (χ0) is 20.3. The fourth-order valence-corrected chi connectivity index (χ4v) is 3.19. The number of allylic oxidation sites excluding steroid dienone is 2. The second kappa shape index (κ2) is 7.95. The van der Waals surface area contributed by atoms with Crippen LogP contribution in [0.2, 0.25) is 0 Å². The average Bonchev–Trinajstić information content (AvgIpc) is 2.91. The molecule has 28 heavy (non-hydrogen) atoms. The highest BCUT2D eigenvalue weighted by atomic mass is 16.2. The highest BCUT2D eigenvalue weighted by molar-refractivity contribution is 6.19. The monoisotopic (exact) mass is 382 g/mol. The topological polar surface area (TPSA) is 135 Å². The molecule has 9 nitrogen and oxygen atoms in total. The van der Waals surface area contributed by atoms with Crippen molar-refractivity contribution in [3.63, 3.8) is 0 Å². The maximum Gasteiger partial charge on any atom is 0.277 e. The lowest BCUT2D eigenvalue weighted by atomic mass is 10.0. The van der Waals surface area contributed by atoms with Crippen molar-refractivity contribution in [1.82, 2.24) is 20.1 Å². The van der Waals surface area contributed by atoms with E-state index in [1.807, 2.05) is 0 Å². The molecule has 1 aromatic heterocycles. The first-order valence-electron chi connectivity index (χ1n) is 8.82. The van der Waals surface area contributed by atoms with Gasteiger partial charge in [0.15, 0.2) is 0 Å². The number of hydrogen-bond acceptors (Lipinski definition) is 7. The van der Waals surface area contributed by atoms with Crippen LogP contribution >= 0.6 is 0 Å². The van der Waals surface area contributed by atoms with Crippen LogP contribution < -0.4 is 16.8 Å². The molecule has 0 radical (unpaired) electrons. The lowest BCUT2D eigenvalue weighted by Crippen LogP contribution is -2.41. The van der Waals surface area contributed by atoms with Crippen LogP contribution in [0.3, 0.4) is 0 Å². The Balaban J connectivity index is 1.64. The molecule has 0 atom stereocenters. The van der Waals surface area contributed by atoms with Gasteiger partial charge in [-0.15, -0.1) is 0 Å². The first-order chi connectivity index (χ1) is 13.4. The molecule has 0 aromatic carbocycles. The van der Waals surface area contributed by atoms with Crippen LogP contribution in [0, 0.1) is 0 Å². The Morgan fingerprint density at radius 2 is 1.93 bits per heavy atom. The van der Waals surface area contributed by atoms with Crippen molar-refractivity contribution in [2.24, 2.45) is 11.5 Å². The molecule has 0 fully saturated rings. The molecule has 5 N–H and O–H groups in total. The highest BCUT2D eigenvalue weighted by Gasteiger charge is 2.40. The van der Waals surface area contributed by atoms with E-state index in [2.05, 4.69) is 10.3 Å². The predicted molar refractivity (Wildman–Crippen MR) is 102 cm³/mol. The largest absolute Gasteiger partial charge is 0.398 e. The predicted octanol–water partition coefficient (Wildman–Crippen LogP) is -0.354. The van der Waals surface area contributed by atoms with Crippen molar-refractivity contribution in [1.29, 1.82) is 0 Å². The van der Waals surface area contributed by atoms with Crippen molar-refractivity contribution >= 4 is 23.4 Å². The number of nitrogens with zero attached hydrogens (tertiary/aromatic N) is 3. The van der Waals surface area contributed by atoms with Crippen LogP contribution in [0.25, 0.3) is 5.70 Å². The molecule has 0 unspecified atom stereocenters. The molecule has 9 heteroatoms. The molecule has 3 heterocycles. The molecule has 0 aliphatic carbocycles. The fraction of sp³-hybridized carbons (Fsp3) is 0.263. The first-order valence-corrected chi connectivity index (χ1v) is 8.82. The minimum absolute atomic E-state index is 0.0657. The Hall–Kier alpha value is -3.62. The van der Waals surface area contributed by atoms with Crippen LogP contribution in [0.5, 0.6) is 0 Å². The minimum atomic E-state index is -0.381. The van der Waals surface area contributed by atoms with Gasteiger partial charge in [0, 0.05) is 42.8 Å². The van der Waals surface area contributed by atoms with E-state index in [9.17, 15) is 14.4 Å². The summed E-state index contributed by atoms with van der Waals surface area (Å²) in [6.07, 6.45) is 7.57. The summed E-state index contributed by atoms with van der Waals surface area (Å²) < 4.78 is 0. The molecule has 0 spiro atoms. The zero-order valence-electron chi connectivity index (χ0n) is 15.5. The number of rotatable bonds is 5. The van der Waals surface area contributed by atoms with Gasteiger partial charge in [0.1, 0.15) is 11.5 Å². The average molecular weight is 382 g/mol. The van der Waals surface area contributed by atoms with Gasteiger partial charge in [-0.25, -0.2) is 0 Å². The Bertz CT molecular complexity index is 904. The molecule has 0 saturated carbocycles. The number of likely N-dealkylation sites (N-methyl/N-ethyl adjacent to an activating group) is 1. The zero-order valence-corrected chi connectivity index (χ0v) is 15.5. The maximum absolute atomic E-state index is 12.3. The summed E-state index contributed by atoms with van der Waals surface area (Å²) in [5.41, 5.74) is 13.8. The highest BCUT2D eigenvalue weighted by Crippen LogP contribution is 2.30. The van der Waals surface area contributed by atoms with Gasteiger partial charge >= 0.3 is 0 Å². The number of carbonyl (C=O) groups excluding carboxylic acids is 3. The Morgan fingerprint density at radius 3 is 2.64 bits per heavy atom. The summed E-state index contributed by atoms with van der Waals surface area (Å²) in [5, 5.41) is 2.56. The van der Waals surface area contributed by atoms with Gasteiger partial charge in [0.25, 0.3) is 11.8 Å². The van der Waals surface area contributed by atoms with E-state index >= 15 is 0 Å². The molecule has 2 aliphatic heterocycles. The lowest BCUT2D eigenvalue weighted by Gasteiger charge is -2.28. The van der Waals surface area contributed by atoms with Gasteiger partial charge < -0.3 is 21.7 Å². The smallest absolute Gasteiger partial charge is 0.277 e. The third kappa shape index (κ3) is 3.88. The third-order valence-corrected chi connectivity index (χ3v) is 4.60. The normalized spacial score (nSPS) is 17.9. The molecular formula is C19H22N6O3. The lowest BCUT2D eigenvalue weighted by molar-refractivity contribution is -0.136. The van der Waals surface area contributed by atoms with Crippen LogP contribution in [-0.4, -0.2) is 52.6 Å². The molecular weight excluding hydrogens is 360 g/mol. The quantitative estimate of drug-likeness (QED) is 0.468. The van der Waals surface area contributed by atoms with Gasteiger partial charge in [-0.1, -0.05) is 0 Å². The molecule has 146 valence electrons. The van der Waals surface area contributed by atoms with Crippen molar-refractivity contribution in [2.75, 3.05) is 20.1 Å². The maximum atomic E-state index is 12.3. The second-order valence-electron chi connectivity index (χ2n) is 6.55. The Kier molecular flexibility index (Phi) is 5.44. The van der Waals surface area contributed by atoms with E-state index < -0.39 is 0 Å². The molecule has 2 aliphatic rings. The number of nitrogens with two attached hydrogens (primary N) is 2. The summed E-state index contributed by atoms with van der Waals surface area (Å²) in [5.74, 6) is -0.919. The summed E-state index contributed by atoms with van der Waals surface area (Å²) in [7, 11) is 1.45. The van der Waals surface area contributed by atoms with Crippen LogP contribution in [0.1, 0.15) is 18.4 Å². The number of carbonyl (C=O) groups is 3. The molecule has 1 aromatic rings. The number of aromatic nitrogens is 1. The van der Waals surface area contributed by atoms with E-state index in [-0.39, 0.29) is 30.1 Å². The number of nitrogens with one attached hydrogen (secondary N) is 1. The number of imide groups is 1. The van der Waals surface area contributed by atoms with Gasteiger partial charge in [-0.05, 0) is 37.1 Å². The first kappa shape index (κ1) is 19.2. The second-order valence-corrected chi connectivity index (χ2v) is 6.55. The van der Waals surface area contributed by atoms with Crippen LogP contribution in [0.4, 0.5) is 0 Å². The van der Waals surface area contributed by atoms with E-state index in [1.54, 1.807) is 35.5 Å². The molecule has 3 amide bonds.